The summed E-state index contributed by atoms with van der Waals surface area (Å²) in [6.07, 6.45) is 0.966. The first-order valence-electron chi connectivity index (χ1n) is 9.76. The van der Waals surface area contributed by atoms with Gasteiger partial charge in [0.05, 0.1) is 21.8 Å². The summed E-state index contributed by atoms with van der Waals surface area (Å²) in [6.45, 7) is 1.54. The van der Waals surface area contributed by atoms with Crippen molar-refractivity contribution in [1.82, 2.24) is 0 Å². The Morgan fingerprint density at radius 3 is 2.43 bits per heavy atom. The summed E-state index contributed by atoms with van der Waals surface area (Å²) in [5, 5.41) is 12.9. The van der Waals surface area contributed by atoms with Crippen LogP contribution in [0.25, 0.3) is 0 Å². The number of carbonyl (C=O) groups excluding carboxylic acids is 1. The van der Waals surface area contributed by atoms with Gasteiger partial charge in [-0.1, -0.05) is 54.1 Å². The van der Waals surface area contributed by atoms with Crippen molar-refractivity contribution in [3.05, 3.63) is 94.5 Å². The molecule has 2 N–H and O–H groups in total. The molecule has 4 rings (SSSR count). The van der Waals surface area contributed by atoms with Crippen LogP contribution in [0.4, 0.5) is 11.4 Å². The summed E-state index contributed by atoms with van der Waals surface area (Å²) < 4.78 is 0. The smallest absolute Gasteiger partial charge is 0.337 e. The van der Waals surface area contributed by atoms with Gasteiger partial charge in [0.2, 0.25) is 0 Å². The summed E-state index contributed by atoms with van der Waals surface area (Å²) in [5.74, 6) is -1.04. The second-order valence-electron chi connectivity index (χ2n) is 7.31. The summed E-state index contributed by atoms with van der Waals surface area (Å²) >= 11 is 6.08. The fourth-order valence-electron chi connectivity index (χ4n) is 3.88. The summed E-state index contributed by atoms with van der Waals surface area (Å²) in [5.41, 5.74) is 2.85. The van der Waals surface area contributed by atoms with Gasteiger partial charge >= 0.3 is 5.97 Å². The van der Waals surface area contributed by atoms with Crippen molar-refractivity contribution in [3.8, 4) is 0 Å². The van der Waals surface area contributed by atoms with E-state index in [0.717, 1.165) is 19.5 Å². The highest BCUT2D eigenvalue weighted by Gasteiger charge is 2.27. The van der Waals surface area contributed by atoms with Crippen LogP contribution in [-0.4, -0.2) is 30.1 Å². The fraction of sp³-hybridized carbons (Fsp3) is 0.167. The van der Waals surface area contributed by atoms with Crippen LogP contribution >= 0.6 is 11.6 Å². The maximum atomic E-state index is 12.5. The predicted octanol–water partition coefficient (Wildman–Crippen LogP) is 5.28. The SMILES string of the molecule is O=C(Nc1ccc(N2CCC(c3ccccc3)C2)c(C(=O)O)c1)c1ccccc1Cl. The van der Waals surface area contributed by atoms with E-state index in [1.165, 1.54) is 11.6 Å². The van der Waals surface area contributed by atoms with Gasteiger partial charge in [0, 0.05) is 24.7 Å². The van der Waals surface area contributed by atoms with Crippen molar-refractivity contribution in [2.45, 2.75) is 12.3 Å². The molecule has 1 unspecified atom stereocenters. The van der Waals surface area contributed by atoms with Crippen molar-refractivity contribution in [1.29, 1.82) is 0 Å². The van der Waals surface area contributed by atoms with Crippen molar-refractivity contribution in [3.63, 3.8) is 0 Å². The Balaban J connectivity index is 1.55. The predicted molar refractivity (Wildman–Crippen MR) is 119 cm³/mol. The van der Waals surface area contributed by atoms with Gasteiger partial charge in [-0.15, -0.1) is 0 Å². The molecule has 1 atom stereocenters. The first kappa shape index (κ1) is 20.0. The molecule has 0 saturated carbocycles. The first-order valence-corrected chi connectivity index (χ1v) is 10.1. The molecule has 5 nitrogen and oxygen atoms in total. The number of carbonyl (C=O) groups is 2. The van der Waals surface area contributed by atoms with Gasteiger partial charge in [0.1, 0.15) is 0 Å². The molecule has 6 heteroatoms. The van der Waals surface area contributed by atoms with Gasteiger partial charge in [-0.05, 0) is 42.3 Å². The van der Waals surface area contributed by atoms with E-state index in [2.05, 4.69) is 22.3 Å². The van der Waals surface area contributed by atoms with E-state index >= 15 is 0 Å². The molecule has 0 radical (unpaired) electrons. The number of aromatic carboxylic acids is 1. The quantitative estimate of drug-likeness (QED) is 0.588. The molecule has 0 bridgehead atoms. The maximum Gasteiger partial charge on any atom is 0.337 e. The summed E-state index contributed by atoms with van der Waals surface area (Å²) in [6, 6.07) is 22.0. The molecule has 1 saturated heterocycles. The summed E-state index contributed by atoms with van der Waals surface area (Å²) in [7, 11) is 0. The maximum absolute atomic E-state index is 12.5. The van der Waals surface area contributed by atoms with Gasteiger partial charge in [-0.2, -0.15) is 0 Å². The van der Waals surface area contributed by atoms with E-state index in [4.69, 9.17) is 11.6 Å². The third-order valence-corrected chi connectivity index (χ3v) is 5.73. The van der Waals surface area contributed by atoms with E-state index in [1.54, 1.807) is 36.4 Å². The Kier molecular flexibility index (Phi) is 5.72. The molecule has 1 aliphatic rings. The number of anilines is 2. The molecule has 1 aliphatic heterocycles. The Morgan fingerprint density at radius 2 is 1.70 bits per heavy atom. The van der Waals surface area contributed by atoms with Crippen LogP contribution in [0.2, 0.25) is 5.02 Å². The number of rotatable bonds is 5. The highest BCUT2D eigenvalue weighted by Crippen LogP contribution is 2.33. The van der Waals surface area contributed by atoms with Crippen LogP contribution < -0.4 is 10.2 Å². The lowest BCUT2D eigenvalue weighted by Gasteiger charge is -2.21. The van der Waals surface area contributed by atoms with Crippen LogP contribution in [0.5, 0.6) is 0 Å². The topological polar surface area (TPSA) is 69.6 Å². The normalized spacial score (nSPS) is 15.8. The number of nitrogens with zero attached hydrogens (tertiary/aromatic N) is 1. The zero-order chi connectivity index (χ0) is 21.1. The van der Waals surface area contributed by atoms with E-state index < -0.39 is 5.97 Å². The average molecular weight is 421 g/mol. The van der Waals surface area contributed by atoms with Crippen molar-refractivity contribution < 1.29 is 14.7 Å². The van der Waals surface area contributed by atoms with Crippen molar-refractivity contribution in [2.75, 3.05) is 23.3 Å². The zero-order valence-corrected chi connectivity index (χ0v) is 17.0. The molecule has 1 heterocycles. The number of hydrogen-bond acceptors (Lipinski definition) is 3. The van der Waals surface area contributed by atoms with Crippen molar-refractivity contribution >= 4 is 34.9 Å². The lowest BCUT2D eigenvalue weighted by molar-refractivity contribution is 0.0697. The number of benzene rings is 3. The minimum absolute atomic E-state index is 0.167. The molecule has 30 heavy (non-hydrogen) atoms. The zero-order valence-electron chi connectivity index (χ0n) is 16.2. The molecule has 1 fully saturated rings. The van der Waals surface area contributed by atoms with Gasteiger partial charge in [0.15, 0.2) is 0 Å². The van der Waals surface area contributed by atoms with Gasteiger partial charge in [-0.3, -0.25) is 4.79 Å². The Labute approximate surface area is 179 Å². The number of carboxylic acid groups (broad SMARTS) is 1. The van der Waals surface area contributed by atoms with E-state index in [1.807, 2.05) is 18.2 Å². The lowest BCUT2D eigenvalue weighted by Crippen LogP contribution is -2.22. The van der Waals surface area contributed by atoms with Crippen LogP contribution in [0.3, 0.4) is 0 Å². The van der Waals surface area contributed by atoms with Gasteiger partial charge < -0.3 is 15.3 Å². The van der Waals surface area contributed by atoms with Gasteiger partial charge in [-0.25, -0.2) is 4.79 Å². The summed E-state index contributed by atoms with van der Waals surface area (Å²) in [4.78, 5) is 26.5. The van der Waals surface area contributed by atoms with Crippen LogP contribution in [0, 0.1) is 0 Å². The number of nitrogens with one attached hydrogen (secondary N) is 1. The van der Waals surface area contributed by atoms with Crippen molar-refractivity contribution in [2.24, 2.45) is 0 Å². The Morgan fingerprint density at radius 1 is 0.967 bits per heavy atom. The second-order valence-corrected chi connectivity index (χ2v) is 7.72. The molecule has 0 spiro atoms. The molecule has 1 amide bonds. The Bertz CT molecular complexity index is 1080. The minimum atomic E-state index is -1.03. The van der Waals surface area contributed by atoms with E-state index in [0.29, 0.717) is 27.9 Å². The van der Waals surface area contributed by atoms with Crippen LogP contribution in [0.15, 0.2) is 72.8 Å². The number of halogens is 1. The largest absolute Gasteiger partial charge is 0.478 e. The van der Waals surface area contributed by atoms with Crippen LogP contribution in [0.1, 0.15) is 38.6 Å². The monoisotopic (exact) mass is 420 g/mol. The highest BCUT2D eigenvalue weighted by molar-refractivity contribution is 6.34. The molecule has 3 aromatic rings. The third-order valence-electron chi connectivity index (χ3n) is 5.40. The molecular formula is C24H21ClN2O3. The minimum Gasteiger partial charge on any atom is -0.478 e. The number of carboxylic acids is 1. The van der Waals surface area contributed by atoms with Gasteiger partial charge in [0.25, 0.3) is 5.91 Å². The standard InChI is InChI=1S/C24H21ClN2O3/c25-21-9-5-4-8-19(21)23(28)26-18-10-11-22(20(14-18)24(29)30)27-13-12-17(15-27)16-6-2-1-3-7-16/h1-11,14,17H,12-13,15H2,(H,26,28)(H,29,30). The third kappa shape index (κ3) is 4.16. The highest BCUT2D eigenvalue weighted by atomic mass is 35.5. The molecule has 0 aliphatic carbocycles. The molecule has 152 valence electrons. The number of amides is 1. The first-order chi connectivity index (χ1) is 14.5. The second kappa shape index (κ2) is 8.59. The Hall–Kier alpha value is -3.31. The fourth-order valence-corrected chi connectivity index (χ4v) is 4.10. The van der Waals surface area contributed by atoms with E-state index in [9.17, 15) is 14.7 Å². The molecule has 0 aromatic heterocycles. The molecular weight excluding hydrogens is 400 g/mol. The average Bonchev–Trinajstić information content (AvgIpc) is 3.24. The number of hydrogen-bond donors (Lipinski definition) is 2. The molecule has 3 aromatic carbocycles. The lowest BCUT2D eigenvalue weighted by atomic mass is 9.99. The van der Waals surface area contributed by atoms with E-state index in [-0.39, 0.29) is 11.5 Å². The van der Waals surface area contributed by atoms with Crippen LogP contribution in [-0.2, 0) is 0 Å².